The maximum absolute atomic E-state index is 8.56. The molecule has 1 rings (SSSR count). The highest BCUT2D eigenvalue weighted by Crippen LogP contribution is 2.05. The molecule has 0 aromatic heterocycles. The number of aliphatic imine (C=N–C) groups is 1. The summed E-state index contributed by atoms with van der Waals surface area (Å²) in [6.45, 7) is 0. The minimum atomic E-state index is 0.247. The van der Waals surface area contributed by atoms with Crippen molar-refractivity contribution in [2.45, 2.75) is 0 Å². The highest BCUT2D eigenvalue weighted by molar-refractivity contribution is 5.94. The molecular weight excluding hydrogens is 178 g/mol. The van der Waals surface area contributed by atoms with Crippen LogP contribution in [0.2, 0.25) is 0 Å². The number of rotatable bonds is 1. The number of methoxy groups -OCH3 is 1. The zero-order valence-corrected chi connectivity index (χ0v) is 7.56. The molecule has 0 amide bonds. The first kappa shape index (κ1) is 9.76. The van der Waals surface area contributed by atoms with Crippen molar-refractivity contribution in [3.63, 3.8) is 0 Å². The monoisotopic (exact) mass is 185 g/mol. The van der Waals surface area contributed by atoms with Crippen LogP contribution in [0.15, 0.2) is 29.3 Å². The molecule has 0 fully saturated rings. The van der Waals surface area contributed by atoms with E-state index in [-0.39, 0.29) is 5.90 Å². The summed E-state index contributed by atoms with van der Waals surface area (Å²) in [6.07, 6.45) is 1.64. The molecule has 4 heteroatoms. The molecule has 0 unspecified atom stereocenters. The first-order valence-electron chi connectivity index (χ1n) is 3.83. The molecule has 1 aromatic carbocycles. The van der Waals surface area contributed by atoms with E-state index in [1.54, 1.807) is 30.5 Å². The maximum Gasteiger partial charge on any atom is 0.231 e. The van der Waals surface area contributed by atoms with Gasteiger partial charge < -0.3 is 4.74 Å². The van der Waals surface area contributed by atoms with Gasteiger partial charge in [0.1, 0.15) is 0 Å². The lowest BCUT2D eigenvalue weighted by Crippen LogP contribution is -2.02. The SMILES string of the molecule is CO/C(=N\C#N)c1ccc(C#N)cc1. The van der Waals surface area contributed by atoms with Crippen LogP contribution in [-0.4, -0.2) is 13.0 Å². The summed E-state index contributed by atoms with van der Waals surface area (Å²) in [4.78, 5) is 3.49. The minimum Gasteiger partial charge on any atom is -0.480 e. The third kappa shape index (κ3) is 2.09. The predicted molar refractivity (Wildman–Crippen MR) is 50.3 cm³/mol. The van der Waals surface area contributed by atoms with Crippen molar-refractivity contribution >= 4 is 5.90 Å². The third-order valence-electron chi connectivity index (χ3n) is 1.61. The van der Waals surface area contributed by atoms with Crippen LogP contribution in [0.5, 0.6) is 0 Å². The largest absolute Gasteiger partial charge is 0.480 e. The van der Waals surface area contributed by atoms with Crippen LogP contribution in [0, 0.1) is 22.8 Å². The van der Waals surface area contributed by atoms with Gasteiger partial charge >= 0.3 is 0 Å². The van der Waals surface area contributed by atoms with Crippen molar-refractivity contribution in [1.29, 1.82) is 10.5 Å². The van der Waals surface area contributed by atoms with E-state index in [4.69, 9.17) is 15.3 Å². The molecule has 0 atom stereocenters. The quantitative estimate of drug-likeness (QED) is 0.377. The number of benzene rings is 1. The fourth-order valence-corrected chi connectivity index (χ4v) is 0.961. The Kier molecular flexibility index (Phi) is 3.23. The average Bonchev–Trinajstić information content (AvgIpc) is 2.26. The summed E-state index contributed by atoms with van der Waals surface area (Å²) in [5, 5.41) is 16.9. The van der Waals surface area contributed by atoms with Gasteiger partial charge in [-0.3, -0.25) is 0 Å². The van der Waals surface area contributed by atoms with Gasteiger partial charge in [0.2, 0.25) is 12.1 Å². The summed E-state index contributed by atoms with van der Waals surface area (Å²) in [5.74, 6) is 0.247. The van der Waals surface area contributed by atoms with Crippen LogP contribution in [0.3, 0.4) is 0 Å². The topological polar surface area (TPSA) is 69.2 Å². The van der Waals surface area contributed by atoms with Gasteiger partial charge in [0.25, 0.3) is 0 Å². The minimum absolute atomic E-state index is 0.247. The fourth-order valence-electron chi connectivity index (χ4n) is 0.961. The molecule has 0 aliphatic rings. The second-order valence-electron chi connectivity index (χ2n) is 2.41. The van der Waals surface area contributed by atoms with Gasteiger partial charge in [0.15, 0.2) is 0 Å². The Morgan fingerprint density at radius 1 is 1.29 bits per heavy atom. The normalized spacial score (nSPS) is 10.1. The Morgan fingerprint density at radius 3 is 2.36 bits per heavy atom. The average molecular weight is 185 g/mol. The van der Waals surface area contributed by atoms with Crippen molar-refractivity contribution in [2.75, 3.05) is 7.11 Å². The number of nitriles is 2. The summed E-state index contributed by atoms with van der Waals surface area (Å²) in [6, 6.07) is 8.64. The molecule has 1 aromatic rings. The smallest absolute Gasteiger partial charge is 0.231 e. The van der Waals surface area contributed by atoms with Gasteiger partial charge in [0, 0.05) is 5.56 Å². The van der Waals surface area contributed by atoms with Crippen molar-refractivity contribution in [1.82, 2.24) is 0 Å². The maximum atomic E-state index is 8.56. The number of nitrogens with zero attached hydrogens (tertiary/aromatic N) is 3. The molecular formula is C10H7N3O. The van der Waals surface area contributed by atoms with E-state index in [1.165, 1.54) is 7.11 Å². The summed E-state index contributed by atoms with van der Waals surface area (Å²) in [7, 11) is 1.44. The number of ether oxygens (including phenoxy) is 1. The first-order valence-corrected chi connectivity index (χ1v) is 3.83. The van der Waals surface area contributed by atoms with E-state index >= 15 is 0 Å². The molecule has 0 bridgehead atoms. The van der Waals surface area contributed by atoms with Crippen LogP contribution in [0.4, 0.5) is 0 Å². The van der Waals surface area contributed by atoms with E-state index in [0.717, 1.165) is 0 Å². The van der Waals surface area contributed by atoms with E-state index in [0.29, 0.717) is 11.1 Å². The Hall–Kier alpha value is -2.33. The Balaban J connectivity index is 3.04. The Labute approximate surface area is 81.7 Å². The first-order chi connectivity index (χ1) is 6.81. The highest BCUT2D eigenvalue weighted by Gasteiger charge is 2.02. The molecule has 0 aliphatic heterocycles. The Bertz CT molecular complexity index is 420. The van der Waals surface area contributed by atoms with Crippen molar-refractivity contribution in [2.24, 2.45) is 4.99 Å². The van der Waals surface area contributed by atoms with Gasteiger partial charge in [-0.1, -0.05) is 0 Å². The standard InChI is InChI=1S/C10H7N3O/c1-14-10(13-7-12)9-4-2-8(6-11)3-5-9/h2-5H,1H3/b13-10-. The number of hydrogen-bond donors (Lipinski definition) is 0. The van der Waals surface area contributed by atoms with Gasteiger partial charge in [0.05, 0.1) is 18.7 Å². The van der Waals surface area contributed by atoms with E-state index in [9.17, 15) is 0 Å². The van der Waals surface area contributed by atoms with Crippen LogP contribution >= 0.6 is 0 Å². The second kappa shape index (κ2) is 4.64. The van der Waals surface area contributed by atoms with Gasteiger partial charge in [-0.25, -0.2) is 0 Å². The van der Waals surface area contributed by atoms with Crippen LogP contribution in [-0.2, 0) is 4.74 Å². The second-order valence-corrected chi connectivity index (χ2v) is 2.41. The van der Waals surface area contributed by atoms with E-state index in [2.05, 4.69) is 4.99 Å². The van der Waals surface area contributed by atoms with Crippen LogP contribution in [0.25, 0.3) is 0 Å². The van der Waals surface area contributed by atoms with Crippen LogP contribution in [0.1, 0.15) is 11.1 Å². The molecule has 4 nitrogen and oxygen atoms in total. The van der Waals surface area contributed by atoms with E-state index in [1.807, 2.05) is 6.07 Å². The van der Waals surface area contributed by atoms with Crippen molar-refractivity contribution in [3.8, 4) is 12.3 Å². The van der Waals surface area contributed by atoms with Crippen molar-refractivity contribution in [3.05, 3.63) is 35.4 Å². The molecule has 0 saturated heterocycles. The molecule has 14 heavy (non-hydrogen) atoms. The lowest BCUT2D eigenvalue weighted by Gasteiger charge is -2.01. The molecule has 0 aliphatic carbocycles. The summed E-state index contributed by atoms with van der Waals surface area (Å²) in [5.41, 5.74) is 1.23. The third-order valence-corrected chi connectivity index (χ3v) is 1.61. The fraction of sp³-hybridized carbons (Fsp3) is 0.100. The molecule has 0 spiro atoms. The molecule has 0 radical (unpaired) electrons. The van der Waals surface area contributed by atoms with Gasteiger partial charge in [-0.15, -0.1) is 4.99 Å². The number of hydrogen-bond acceptors (Lipinski definition) is 4. The predicted octanol–water partition coefficient (Wildman–Crippen LogP) is 1.43. The molecule has 0 heterocycles. The lowest BCUT2D eigenvalue weighted by molar-refractivity contribution is 0.405. The van der Waals surface area contributed by atoms with Gasteiger partial charge in [-0.05, 0) is 24.3 Å². The molecule has 68 valence electrons. The highest BCUT2D eigenvalue weighted by atomic mass is 16.5. The van der Waals surface area contributed by atoms with Crippen LogP contribution < -0.4 is 0 Å². The zero-order valence-electron chi connectivity index (χ0n) is 7.56. The lowest BCUT2D eigenvalue weighted by atomic mass is 10.1. The van der Waals surface area contributed by atoms with Gasteiger partial charge in [-0.2, -0.15) is 10.5 Å². The zero-order chi connectivity index (χ0) is 10.4. The summed E-state index contributed by atoms with van der Waals surface area (Å²) < 4.78 is 4.89. The Morgan fingerprint density at radius 2 is 1.93 bits per heavy atom. The molecule has 0 N–H and O–H groups in total. The van der Waals surface area contributed by atoms with E-state index < -0.39 is 0 Å². The van der Waals surface area contributed by atoms with Crippen molar-refractivity contribution < 1.29 is 4.74 Å². The molecule has 0 saturated carbocycles. The summed E-state index contributed by atoms with van der Waals surface area (Å²) >= 11 is 0.